The van der Waals surface area contributed by atoms with Gasteiger partial charge < -0.3 is 63.8 Å². The first-order valence-electron chi connectivity index (χ1n) is 34.7. The van der Waals surface area contributed by atoms with Gasteiger partial charge in [0.15, 0.2) is 22.1 Å². The minimum atomic E-state index is -0.554. The topological polar surface area (TPSA) is 515 Å². The number of anilines is 11. The molecule has 10 aromatic rings. The lowest BCUT2D eigenvalue weighted by atomic mass is 10.3. The molecule has 0 saturated carbocycles. The molecule has 0 atom stereocenters. The SMILES string of the molecule is CC(C)N(C)c1cc(=O)[nH]o1.CC(C)N(C)c1cc(=O)[nH]s1.CC(C)N(C)c1cc(=O)o[nH]1.CC(C)N(C)c1cn[nH]n1.CC(C)N(C)c1cn[nH]n1.CC(C)N(C)c1n[nH][nH]c1=S.CC(C)N(C)c1n[nH]c(N)n1.CC(C)N(C)c1n[nH]nc1F.CC(C)N(C)c1ncn[nH]1.CC(C)N(C)c1ns[nH]c1=O.O=C=O. The van der Waals surface area contributed by atoms with E-state index in [1.54, 1.807) is 30.4 Å². The molecule has 0 aliphatic heterocycles. The van der Waals surface area contributed by atoms with Crippen LogP contribution < -0.4 is 77.0 Å². The van der Waals surface area contributed by atoms with Crippen LogP contribution in [0.5, 0.6) is 0 Å². The van der Waals surface area contributed by atoms with E-state index in [-0.39, 0.29) is 40.3 Å². The number of rotatable bonds is 20. The molecule has 10 rings (SSSR count). The van der Waals surface area contributed by atoms with Crippen LogP contribution in [0.25, 0.3) is 0 Å². The van der Waals surface area contributed by atoms with Crippen molar-refractivity contribution in [2.75, 3.05) is 125 Å². The first-order chi connectivity index (χ1) is 51.4. The molecule has 0 aliphatic rings. The highest BCUT2D eigenvalue weighted by molar-refractivity contribution is 7.71. The molecule has 618 valence electrons. The van der Waals surface area contributed by atoms with Crippen molar-refractivity contribution in [3.05, 3.63) is 89.0 Å². The highest BCUT2D eigenvalue weighted by Gasteiger charge is 2.16. The highest BCUT2D eigenvalue weighted by Crippen LogP contribution is 2.18. The number of nitrogens with two attached hydrogens (primary N) is 1. The average Bonchev–Trinajstić information content (AvgIpc) is 1.65. The molecular formula is C64H119FN34O8S3. The molecule has 110 heavy (non-hydrogen) atoms. The predicted octanol–water partition coefficient (Wildman–Crippen LogP) is 7.28. The van der Waals surface area contributed by atoms with E-state index in [1.165, 1.54) is 30.0 Å². The zero-order valence-corrected chi connectivity index (χ0v) is 71.5. The number of H-pyrrole nitrogens is 11. The van der Waals surface area contributed by atoms with Gasteiger partial charge in [-0.15, -0.1) is 30.6 Å². The molecule has 0 amide bonds. The first kappa shape index (κ1) is 99.0. The summed E-state index contributed by atoms with van der Waals surface area (Å²) >= 11 is 7.45. The van der Waals surface area contributed by atoms with Crippen molar-refractivity contribution in [1.82, 2.24) is 115 Å². The average molecular weight is 1610 g/mol. The van der Waals surface area contributed by atoms with E-state index in [0.717, 1.165) is 40.1 Å². The minimum Gasteiger partial charge on any atom is -0.368 e. The van der Waals surface area contributed by atoms with Crippen molar-refractivity contribution in [3.63, 3.8) is 0 Å². The second kappa shape index (κ2) is 51.3. The summed E-state index contributed by atoms with van der Waals surface area (Å²) in [6.45, 7) is 41.1. The van der Waals surface area contributed by atoms with Crippen molar-refractivity contribution >= 4 is 105 Å². The summed E-state index contributed by atoms with van der Waals surface area (Å²) in [5, 5.41) is 57.6. The summed E-state index contributed by atoms with van der Waals surface area (Å²) in [5.74, 6) is 5.88. The second-order valence-corrected chi connectivity index (χ2v) is 28.5. The van der Waals surface area contributed by atoms with Crippen LogP contribution in [-0.4, -0.2) is 252 Å². The van der Waals surface area contributed by atoms with E-state index in [0.29, 0.717) is 88.4 Å². The van der Waals surface area contributed by atoms with Crippen LogP contribution in [0.2, 0.25) is 0 Å². The third-order valence-electron chi connectivity index (χ3n) is 15.9. The van der Waals surface area contributed by atoms with Gasteiger partial charge in [-0.2, -0.15) is 64.4 Å². The van der Waals surface area contributed by atoms with Gasteiger partial charge in [0.05, 0.1) is 24.5 Å². The molecule has 0 bridgehead atoms. The first-order valence-corrected chi connectivity index (χ1v) is 36.7. The fraction of sp³-hybridized carbons (Fsp3) is 0.625. The number of halogens is 1. The third kappa shape index (κ3) is 36.7. The lowest BCUT2D eigenvalue weighted by Gasteiger charge is -2.20. The van der Waals surface area contributed by atoms with Gasteiger partial charge in [-0.1, -0.05) is 12.2 Å². The van der Waals surface area contributed by atoms with Gasteiger partial charge in [0.2, 0.25) is 35.4 Å². The van der Waals surface area contributed by atoms with Crippen molar-refractivity contribution < 1.29 is 23.0 Å². The number of nitrogen functional groups attached to an aromatic ring is 1. The molecule has 0 fully saturated rings. The normalized spacial score (nSPS) is 10.3. The largest absolute Gasteiger partial charge is 0.373 e. The Kier molecular flexibility index (Phi) is 46.2. The van der Waals surface area contributed by atoms with Crippen LogP contribution in [0, 0.1) is 10.6 Å². The molecule has 0 aromatic carbocycles. The van der Waals surface area contributed by atoms with Gasteiger partial charge in [0.1, 0.15) is 17.1 Å². The summed E-state index contributed by atoms with van der Waals surface area (Å²) in [6, 6.07) is 8.28. The Morgan fingerprint density at radius 1 is 0.491 bits per heavy atom. The lowest BCUT2D eigenvalue weighted by Crippen LogP contribution is -2.29. The quantitative estimate of drug-likeness (QED) is 0.0333. The van der Waals surface area contributed by atoms with E-state index < -0.39 is 5.95 Å². The Labute approximate surface area is 653 Å². The molecule has 46 heteroatoms. The summed E-state index contributed by atoms with van der Waals surface area (Å²) in [5.41, 5.74) is 4.70. The molecular weight excluding hydrogens is 1490 g/mol. The lowest BCUT2D eigenvalue weighted by molar-refractivity contribution is -0.191. The monoisotopic (exact) mass is 1610 g/mol. The number of aromatic amines is 11. The van der Waals surface area contributed by atoms with Crippen LogP contribution in [0.15, 0.2) is 65.1 Å². The van der Waals surface area contributed by atoms with Crippen LogP contribution in [0.1, 0.15) is 138 Å². The van der Waals surface area contributed by atoms with Crippen LogP contribution >= 0.6 is 35.5 Å². The fourth-order valence-electron chi connectivity index (χ4n) is 6.72. The van der Waals surface area contributed by atoms with Gasteiger partial charge in [-0.25, -0.2) is 25.4 Å². The number of nitrogens with one attached hydrogen (secondary N) is 11. The van der Waals surface area contributed by atoms with Crippen molar-refractivity contribution in [1.29, 1.82) is 0 Å². The van der Waals surface area contributed by atoms with Crippen molar-refractivity contribution in [3.8, 4) is 0 Å². The fourth-order valence-corrected chi connectivity index (χ4v) is 8.26. The van der Waals surface area contributed by atoms with E-state index in [4.69, 9.17) is 32.1 Å². The maximum Gasteiger partial charge on any atom is 0.373 e. The summed E-state index contributed by atoms with van der Waals surface area (Å²) < 4.78 is 31.9. The van der Waals surface area contributed by atoms with E-state index in [1.807, 2.05) is 158 Å². The van der Waals surface area contributed by atoms with E-state index in [2.05, 4.69) is 208 Å². The number of nitrogens with zero attached hydrogens (tertiary/aromatic N) is 22. The van der Waals surface area contributed by atoms with Crippen LogP contribution in [-0.2, 0) is 9.59 Å². The van der Waals surface area contributed by atoms with Gasteiger partial charge in [-0.3, -0.25) is 28.2 Å². The van der Waals surface area contributed by atoms with Crippen molar-refractivity contribution in [2.45, 2.75) is 199 Å². The molecule has 0 radical (unpaired) electrons. The Hall–Kier alpha value is -11.0. The van der Waals surface area contributed by atoms with Crippen molar-refractivity contribution in [2.24, 2.45) is 0 Å². The van der Waals surface area contributed by atoms with Gasteiger partial charge in [0.25, 0.3) is 17.1 Å². The zero-order valence-electron chi connectivity index (χ0n) is 69.0. The number of hydrogen-bond donors (Lipinski definition) is 12. The van der Waals surface area contributed by atoms with E-state index in [9.17, 15) is 23.6 Å². The number of carbonyl (C=O) groups excluding carboxylic acids is 2. The predicted molar refractivity (Wildman–Crippen MR) is 437 cm³/mol. The standard InChI is InChI=1S/2C7H12N2O2.C7H12N2OS.C6H11FN4.C6H13N5.C6H12N4S.3C6H12N4.C6H11N3OS.CO2/c1-5(2)9(3)7-4-6(10)8-11-7;1-5(2)9(3)6-4-7(10)11-8-6;1-5(2)9(3)7-4-6(10)8-11-7;1-4(2)11(3)6-5(7)8-10-9-6;1-4(2)11(3)6-8-5(7)9-10-6;1-4(2)10(3)5-6(11)8-9-7-5;1-5(2)10(3)6-7-4-8-9-6;2*1-5(2)10(3)6-4-7-9-8-6;1-4(2)9(3)5-6(10)8-11-7-5;2-1-3/h4-5H,1-3H3,(H,8,10);4-5,8H,1-3H3;4-5H,1-3H3,(H,8,10);4H,1-3H3,(H,8,9,10);4H,1-3H3,(H3,7,8,9,10);4H,1-3H3,(H2,7,8,9,11);3*4-5H,1-3H3,(H,7,8,9);4H,1-3H3,(H,8,10);. The molecule has 42 nitrogen and oxygen atoms in total. The number of aromatic nitrogens is 23. The van der Waals surface area contributed by atoms with Gasteiger partial charge in [-0.05, 0) is 150 Å². The Bertz CT molecular complexity index is 3940. The Balaban J connectivity index is 0.00000120. The smallest absolute Gasteiger partial charge is 0.368 e. The maximum absolute atomic E-state index is 12.7. The minimum absolute atomic E-state index is 0.0162. The molecule has 10 heterocycles. The van der Waals surface area contributed by atoms with E-state index >= 15 is 0 Å². The molecule has 0 aliphatic carbocycles. The summed E-state index contributed by atoms with van der Waals surface area (Å²) in [7, 11) is 19.2. The molecule has 0 saturated heterocycles. The number of hydrogen-bond acceptors (Lipinski definition) is 34. The van der Waals surface area contributed by atoms with Gasteiger partial charge in [0, 0.05) is 149 Å². The maximum atomic E-state index is 12.7. The summed E-state index contributed by atoms with van der Waals surface area (Å²) in [4.78, 5) is 86.7. The third-order valence-corrected chi connectivity index (χ3v) is 17.7. The highest BCUT2D eigenvalue weighted by atomic mass is 32.1. The zero-order chi connectivity index (χ0) is 84.4. The molecule has 10 aromatic heterocycles. The van der Waals surface area contributed by atoms with Crippen LogP contribution in [0.3, 0.4) is 0 Å². The Morgan fingerprint density at radius 2 is 0.973 bits per heavy atom. The molecule has 0 spiro atoms. The Morgan fingerprint density at radius 3 is 1.30 bits per heavy atom. The molecule has 13 N–H and O–H groups in total. The molecule has 0 unspecified atom stereocenters. The second-order valence-electron chi connectivity index (χ2n) is 26.6. The van der Waals surface area contributed by atoms with Crippen LogP contribution in [0.4, 0.5) is 68.0 Å². The van der Waals surface area contributed by atoms with Gasteiger partial charge >= 0.3 is 17.3 Å². The summed E-state index contributed by atoms with van der Waals surface area (Å²) in [6.07, 6.45) is 5.17.